The average molecular weight is 196 g/mol. The van der Waals surface area contributed by atoms with Gasteiger partial charge in [-0.3, -0.25) is 0 Å². The van der Waals surface area contributed by atoms with Gasteiger partial charge in [0.05, 0.1) is 0 Å². The molecule has 80 valence electrons. The van der Waals surface area contributed by atoms with E-state index in [9.17, 15) is 0 Å². The number of nitrogen functional groups attached to an aromatic ring is 1. The van der Waals surface area contributed by atoms with Crippen LogP contribution in [-0.2, 0) is 6.54 Å². The lowest BCUT2D eigenvalue weighted by Gasteiger charge is -2.17. The fraction of sp³-hybridized carbons (Fsp3) is 0.700. The largest absolute Gasteiger partial charge is 0.369 e. The summed E-state index contributed by atoms with van der Waals surface area (Å²) >= 11 is 0. The summed E-state index contributed by atoms with van der Waals surface area (Å²) in [4.78, 5) is 6.39. The van der Waals surface area contributed by atoms with Crippen molar-refractivity contribution in [3.05, 3.63) is 12.4 Å². The Kier molecular flexibility index (Phi) is 4.46. The van der Waals surface area contributed by atoms with Crippen LogP contribution in [0.5, 0.6) is 0 Å². The molecule has 1 heterocycles. The second-order valence-corrected chi connectivity index (χ2v) is 3.36. The first-order valence-corrected chi connectivity index (χ1v) is 5.26. The second-order valence-electron chi connectivity index (χ2n) is 3.36. The first kappa shape index (κ1) is 11.0. The van der Waals surface area contributed by atoms with Gasteiger partial charge in [-0.2, -0.15) is 0 Å². The molecule has 0 saturated carbocycles. The number of rotatable bonds is 6. The van der Waals surface area contributed by atoms with Gasteiger partial charge in [-0.15, -0.1) is 0 Å². The molecule has 0 aromatic carbocycles. The Labute approximate surface area is 85.7 Å². The molecule has 0 saturated heterocycles. The van der Waals surface area contributed by atoms with Crippen LogP contribution >= 0.6 is 0 Å². The average Bonchev–Trinajstić information content (AvgIpc) is 2.59. The Morgan fingerprint density at radius 1 is 1.43 bits per heavy atom. The van der Waals surface area contributed by atoms with Crippen LogP contribution in [0, 0.1) is 0 Å². The Balaban J connectivity index is 2.24. The summed E-state index contributed by atoms with van der Waals surface area (Å²) in [6, 6.07) is 0. The molecule has 1 rings (SSSR count). The summed E-state index contributed by atoms with van der Waals surface area (Å²) in [6.07, 6.45) is 4.80. The molecule has 0 unspecified atom stereocenters. The highest BCUT2D eigenvalue weighted by Gasteiger charge is 2.00. The van der Waals surface area contributed by atoms with Crippen molar-refractivity contribution in [2.45, 2.75) is 26.8 Å². The van der Waals surface area contributed by atoms with Crippen LogP contribution in [0.3, 0.4) is 0 Å². The Morgan fingerprint density at radius 3 is 2.64 bits per heavy atom. The summed E-state index contributed by atoms with van der Waals surface area (Å²) in [5.41, 5.74) is 5.66. The fourth-order valence-electron chi connectivity index (χ4n) is 1.53. The molecule has 0 amide bonds. The second kappa shape index (κ2) is 5.65. The van der Waals surface area contributed by atoms with E-state index in [0.29, 0.717) is 5.95 Å². The molecule has 2 N–H and O–H groups in total. The topological polar surface area (TPSA) is 47.1 Å². The van der Waals surface area contributed by atoms with Crippen LogP contribution in [0.1, 0.15) is 20.3 Å². The van der Waals surface area contributed by atoms with E-state index in [1.807, 2.05) is 10.8 Å². The molecule has 0 aliphatic carbocycles. The zero-order valence-electron chi connectivity index (χ0n) is 9.11. The van der Waals surface area contributed by atoms with Crippen molar-refractivity contribution in [2.24, 2.45) is 0 Å². The van der Waals surface area contributed by atoms with Crippen molar-refractivity contribution < 1.29 is 0 Å². The number of aromatic nitrogens is 2. The normalized spacial score (nSPS) is 11.1. The van der Waals surface area contributed by atoms with Gasteiger partial charge in [0.15, 0.2) is 5.95 Å². The molecule has 0 fully saturated rings. The lowest BCUT2D eigenvalue weighted by atomic mass is 10.3. The lowest BCUT2D eigenvalue weighted by molar-refractivity contribution is 0.293. The minimum Gasteiger partial charge on any atom is -0.369 e. The SMILES string of the molecule is CCN(CC)CCCn1ccnc1N. The zero-order chi connectivity index (χ0) is 10.4. The van der Waals surface area contributed by atoms with Gasteiger partial charge < -0.3 is 15.2 Å². The summed E-state index contributed by atoms with van der Waals surface area (Å²) in [5.74, 6) is 0.615. The van der Waals surface area contributed by atoms with Crippen molar-refractivity contribution in [1.82, 2.24) is 14.5 Å². The van der Waals surface area contributed by atoms with Crippen molar-refractivity contribution in [1.29, 1.82) is 0 Å². The highest BCUT2D eigenvalue weighted by molar-refractivity contribution is 5.16. The number of anilines is 1. The van der Waals surface area contributed by atoms with Crippen molar-refractivity contribution in [3.63, 3.8) is 0 Å². The molecule has 1 aromatic heterocycles. The van der Waals surface area contributed by atoms with Crippen molar-refractivity contribution >= 4 is 5.95 Å². The number of nitrogens with two attached hydrogens (primary N) is 1. The van der Waals surface area contributed by atoms with Crippen LogP contribution in [0.25, 0.3) is 0 Å². The Hall–Kier alpha value is -1.03. The summed E-state index contributed by atoms with van der Waals surface area (Å²) in [7, 11) is 0. The van der Waals surface area contributed by atoms with E-state index in [2.05, 4.69) is 23.7 Å². The number of hydrogen-bond donors (Lipinski definition) is 1. The van der Waals surface area contributed by atoms with E-state index in [1.54, 1.807) is 6.20 Å². The minimum atomic E-state index is 0.615. The molecule has 4 nitrogen and oxygen atoms in total. The quantitative estimate of drug-likeness (QED) is 0.743. The molecule has 0 atom stereocenters. The van der Waals surface area contributed by atoms with Gasteiger partial charge in [0.1, 0.15) is 0 Å². The molecule has 14 heavy (non-hydrogen) atoms. The molecule has 0 bridgehead atoms. The Bertz CT molecular complexity index is 252. The van der Waals surface area contributed by atoms with E-state index in [-0.39, 0.29) is 0 Å². The number of aryl methyl sites for hydroxylation is 1. The summed E-state index contributed by atoms with van der Waals surface area (Å²) < 4.78 is 1.99. The van der Waals surface area contributed by atoms with E-state index in [4.69, 9.17) is 5.73 Å². The van der Waals surface area contributed by atoms with E-state index in [1.165, 1.54) is 0 Å². The molecular formula is C10H20N4. The predicted octanol–water partition coefficient (Wildman–Crippen LogP) is 1.20. The van der Waals surface area contributed by atoms with Gasteiger partial charge in [-0.05, 0) is 26.1 Å². The van der Waals surface area contributed by atoms with Crippen LogP contribution in [0.2, 0.25) is 0 Å². The number of nitrogens with zero attached hydrogens (tertiary/aromatic N) is 3. The maximum absolute atomic E-state index is 5.66. The standard InChI is InChI=1S/C10H20N4/c1-3-13(4-2)7-5-8-14-9-6-12-10(14)11/h6,9H,3-5,7-8H2,1-2H3,(H2,11,12). The maximum Gasteiger partial charge on any atom is 0.200 e. The third kappa shape index (κ3) is 3.03. The zero-order valence-corrected chi connectivity index (χ0v) is 9.11. The van der Waals surface area contributed by atoms with Crippen molar-refractivity contribution in [2.75, 3.05) is 25.4 Å². The summed E-state index contributed by atoms with van der Waals surface area (Å²) in [5, 5.41) is 0. The first-order chi connectivity index (χ1) is 6.77. The van der Waals surface area contributed by atoms with Gasteiger partial charge in [0.25, 0.3) is 0 Å². The third-order valence-corrected chi connectivity index (χ3v) is 2.52. The van der Waals surface area contributed by atoms with Crippen LogP contribution in [0.4, 0.5) is 5.95 Å². The monoisotopic (exact) mass is 196 g/mol. The molecule has 0 aliphatic heterocycles. The van der Waals surface area contributed by atoms with Gasteiger partial charge >= 0.3 is 0 Å². The van der Waals surface area contributed by atoms with Gasteiger partial charge in [0.2, 0.25) is 0 Å². The van der Waals surface area contributed by atoms with Crippen LogP contribution < -0.4 is 5.73 Å². The minimum absolute atomic E-state index is 0.615. The first-order valence-electron chi connectivity index (χ1n) is 5.26. The number of imidazole rings is 1. The maximum atomic E-state index is 5.66. The van der Waals surface area contributed by atoms with Crippen LogP contribution in [0.15, 0.2) is 12.4 Å². The molecular weight excluding hydrogens is 176 g/mol. The smallest absolute Gasteiger partial charge is 0.200 e. The van der Waals surface area contributed by atoms with Crippen LogP contribution in [-0.4, -0.2) is 34.1 Å². The van der Waals surface area contributed by atoms with E-state index >= 15 is 0 Å². The molecule has 4 heteroatoms. The highest BCUT2D eigenvalue weighted by Crippen LogP contribution is 2.01. The summed E-state index contributed by atoms with van der Waals surface area (Å²) in [6.45, 7) is 8.71. The molecule has 0 spiro atoms. The molecule has 0 radical (unpaired) electrons. The molecule has 0 aliphatic rings. The van der Waals surface area contributed by atoms with Gasteiger partial charge in [0, 0.05) is 18.9 Å². The Morgan fingerprint density at radius 2 is 2.14 bits per heavy atom. The fourth-order valence-corrected chi connectivity index (χ4v) is 1.53. The van der Waals surface area contributed by atoms with Gasteiger partial charge in [-0.1, -0.05) is 13.8 Å². The van der Waals surface area contributed by atoms with Gasteiger partial charge in [-0.25, -0.2) is 4.98 Å². The van der Waals surface area contributed by atoms with E-state index in [0.717, 1.165) is 32.6 Å². The highest BCUT2D eigenvalue weighted by atomic mass is 15.1. The number of hydrogen-bond acceptors (Lipinski definition) is 3. The molecule has 1 aromatic rings. The third-order valence-electron chi connectivity index (χ3n) is 2.52. The predicted molar refractivity (Wildman–Crippen MR) is 59.0 cm³/mol. The lowest BCUT2D eigenvalue weighted by Crippen LogP contribution is -2.24. The van der Waals surface area contributed by atoms with Crippen molar-refractivity contribution in [3.8, 4) is 0 Å². The van der Waals surface area contributed by atoms with E-state index < -0.39 is 0 Å².